The van der Waals surface area contributed by atoms with Gasteiger partial charge in [0.1, 0.15) is 16.5 Å². The van der Waals surface area contributed by atoms with Crippen LogP contribution in [0.4, 0.5) is 15.9 Å². The number of nitrogens with zero attached hydrogens (tertiary/aromatic N) is 5. The first-order valence-electron chi connectivity index (χ1n) is 11.6. The number of rotatable bonds is 3. The fourth-order valence-corrected chi connectivity index (χ4v) is 6.42. The fraction of sp³-hybridized carbons (Fsp3) is 0.346. The van der Waals surface area contributed by atoms with Crippen LogP contribution in [0.25, 0.3) is 21.6 Å². The van der Waals surface area contributed by atoms with Gasteiger partial charge in [0.05, 0.1) is 11.1 Å². The minimum atomic E-state index is -0.157. The van der Waals surface area contributed by atoms with Crippen LogP contribution in [0.5, 0.6) is 0 Å². The molecule has 0 radical (unpaired) electrons. The predicted molar refractivity (Wildman–Crippen MR) is 133 cm³/mol. The third-order valence-electron chi connectivity index (χ3n) is 6.83. The van der Waals surface area contributed by atoms with E-state index in [-0.39, 0.29) is 5.82 Å². The molecule has 7 heteroatoms. The van der Waals surface area contributed by atoms with Crippen molar-refractivity contribution < 1.29 is 4.39 Å². The van der Waals surface area contributed by atoms with Crippen LogP contribution in [0.1, 0.15) is 23.8 Å². The predicted octanol–water partition coefficient (Wildman–Crippen LogP) is 5.34. The smallest absolute Gasteiger partial charge is 0.164 e. The molecule has 0 saturated carbocycles. The van der Waals surface area contributed by atoms with E-state index in [1.165, 1.54) is 28.3 Å². The summed E-state index contributed by atoms with van der Waals surface area (Å²) in [5.74, 6) is 2.31. The molecule has 1 aliphatic carbocycles. The van der Waals surface area contributed by atoms with Gasteiger partial charge >= 0.3 is 0 Å². The molecule has 1 unspecified atom stereocenters. The minimum absolute atomic E-state index is 0.157. The molecule has 33 heavy (non-hydrogen) atoms. The van der Waals surface area contributed by atoms with E-state index in [1.807, 2.05) is 41.8 Å². The Morgan fingerprint density at radius 3 is 2.61 bits per heavy atom. The summed E-state index contributed by atoms with van der Waals surface area (Å²) in [7, 11) is 0. The molecule has 1 aromatic carbocycles. The number of hydrogen-bond acceptors (Lipinski definition) is 6. The Morgan fingerprint density at radius 2 is 1.82 bits per heavy atom. The quantitative estimate of drug-likeness (QED) is 0.414. The van der Waals surface area contributed by atoms with Crippen LogP contribution in [0.2, 0.25) is 0 Å². The molecule has 0 bridgehead atoms. The molecule has 1 atom stereocenters. The molecule has 6 rings (SSSR count). The number of anilines is 2. The zero-order chi connectivity index (χ0) is 22.4. The highest BCUT2D eigenvalue weighted by Crippen LogP contribution is 2.42. The van der Waals surface area contributed by atoms with Crippen LogP contribution >= 0.6 is 11.3 Å². The van der Waals surface area contributed by atoms with Gasteiger partial charge in [-0.05, 0) is 55.0 Å². The highest BCUT2D eigenvalue weighted by Gasteiger charge is 2.28. The van der Waals surface area contributed by atoms with Crippen LogP contribution < -0.4 is 9.80 Å². The average molecular weight is 460 g/mol. The molecule has 168 valence electrons. The van der Waals surface area contributed by atoms with Gasteiger partial charge in [-0.15, -0.1) is 11.3 Å². The topological polar surface area (TPSA) is 45.2 Å². The van der Waals surface area contributed by atoms with Crippen molar-refractivity contribution >= 4 is 33.1 Å². The summed E-state index contributed by atoms with van der Waals surface area (Å²) in [6, 6.07) is 11.0. The number of pyridine rings is 1. The Morgan fingerprint density at radius 1 is 1.00 bits per heavy atom. The van der Waals surface area contributed by atoms with E-state index in [0.717, 1.165) is 61.1 Å². The van der Waals surface area contributed by atoms with E-state index in [4.69, 9.17) is 9.97 Å². The van der Waals surface area contributed by atoms with Gasteiger partial charge in [0.15, 0.2) is 5.82 Å². The number of hydrogen-bond donors (Lipinski definition) is 0. The normalized spacial score (nSPS) is 18.5. The van der Waals surface area contributed by atoms with Crippen molar-refractivity contribution in [2.24, 2.45) is 5.92 Å². The second kappa shape index (κ2) is 8.37. The van der Waals surface area contributed by atoms with Crippen LogP contribution in [-0.2, 0) is 12.8 Å². The molecular weight excluding hydrogens is 433 g/mol. The van der Waals surface area contributed by atoms with Crippen molar-refractivity contribution in [3.8, 4) is 11.4 Å². The van der Waals surface area contributed by atoms with Gasteiger partial charge in [-0.25, -0.2) is 14.4 Å². The lowest BCUT2D eigenvalue weighted by Crippen LogP contribution is -2.47. The summed E-state index contributed by atoms with van der Waals surface area (Å²) in [6.07, 6.45) is 7.03. The van der Waals surface area contributed by atoms with Crippen LogP contribution in [0.3, 0.4) is 0 Å². The number of benzene rings is 1. The summed E-state index contributed by atoms with van der Waals surface area (Å²) in [5.41, 5.74) is 3.06. The maximum Gasteiger partial charge on any atom is 0.164 e. The maximum atomic E-state index is 14.3. The number of aromatic nitrogens is 3. The molecule has 1 fully saturated rings. The Hall–Kier alpha value is -3.06. The third kappa shape index (κ3) is 3.74. The molecule has 2 aliphatic rings. The lowest BCUT2D eigenvalue weighted by atomic mass is 9.89. The van der Waals surface area contributed by atoms with Crippen molar-refractivity contribution in [2.75, 3.05) is 36.0 Å². The van der Waals surface area contributed by atoms with Gasteiger partial charge in [0.2, 0.25) is 0 Å². The number of thiophene rings is 1. The Balaban J connectivity index is 1.40. The van der Waals surface area contributed by atoms with Crippen molar-refractivity contribution in [1.29, 1.82) is 0 Å². The van der Waals surface area contributed by atoms with Crippen molar-refractivity contribution in [3.05, 3.63) is 65.0 Å². The van der Waals surface area contributed by atoms with Gasteiger partial charge in [0.25, 0.3) is 0 Å². The molecule has 1 saturated heterocycles. The van der Waals surface area contributed by atoms with E-state index in [1.54, 1.807) is 12.3 Å². The summed E-state index contributed by atoms with van der Waals surface area (Å²) in [6.45, 7) is 5.46. The highest BCUT2D eigenvalue weighted by molar-refractivity contribution is 7.19. The molecule has 0 N–H and O–H groups in total. The number of para-hydroxylation sites is 1. The molecular formula is C26H26FN5S. The van der Waals surface area contributed by atoms with Crippen molar-refractivity contribution in [2.45, 2.75) is 26.2 Å². The minimum Gasteiger partial charge on any atom is -0.366 e. The molecule has 0 amide bonds. The van der Waals surface area contributed by atoms with Gasteiger partial charge in [-0.3, -0.25) is 4.98 Å². The van der Waals surface area contributed by atoms with E-state index < -0.39 is 0 Å². The fourth-order valence-electron chi connectivity index (χ4n) is 5.04. The molecule has 0 spiro atoms. The SMILES string of the molecule is CC1CCc2c(sc3nc(-c4cccnc4)nc(N4CCN(c5ccccc5F)CC4)c23)C1. The van der Waals surface area contributed by atoms with Crippen molar-refractivity contribution in [3.63, 3.8) is 0 Å². The second-order valence-electron chi connectivity index (χ2n) is 9.07. The van der Waals surface area contributed by atoms with E-state index in [2.05, 4.69) is 21.7 Å². The summed E-state index contributed by atoms with van der Waals surface area (Å²) < 4.78 is 14.3. The Bertz CT molecular complexity index is 1300. The van der Waals surface area contributed by atoms with E-state index in [0.29, 0.717) is 11.6 Å². The van der Waals surface area contributed by atoms with Crippen LogP contribution in [0.15, 0.2) is 48.8 Å². The molecule has 4 heterocycles. The first-order valence-corrected chi connectivity index (χ1v) is 12.5. The third-order valence-corrected chi connectivity index (χ3v) is 7.98. The average Bonchev–Trinajstić information content (AvgIpc) is 3.22. The number of piperazine rings is 1. The summed E-state index contributed by atoms with van der Waals surface area (Å²) in [5, 5.41) is 1.23. The number of fused-ring (bicyclic) bond motifs is 3. The lowest BCUT2D eigenvalue weighted by Gasteiger charge is -2.37. The first-order chi connectivity index (χ1) is 16.2. The molecule has 3 aromatic heterocycles. The molecule has 4 aromatic rings. The highest BCUT2D eigenvalue weighted by atomic mass is 32.1. The van der Waals surface area contributed by atoms with Crippen LogP contribution in [-0.4, -0.2) is 41.1 Å². The van der Waals surface area contributed by atoms with Gasteiger partial charge in [-0.2, -0.15) is 0 Å². The molecule has 5 nitrogen and oxygen atoms in total. The van der Waals surface area contributed by atoms with Gasteiger partial charge in [0, 0.05) is 49.0 Å². The molecule has 1 aliphatic heterocycles. The largest absolute Gasteiger partial charge is 0.366 e. The Kier molecular flexibility index (Phi) is 5.21. The Labute approximate surface area is 196 Å². The standard InChI is InChI=1S/C26H26FN5S/c1-17-8-9-19-22(15-17)33-26-23(19)25(29-24(30-26)18-5-4-10-28-16-18)32-13-11-31(12-14-32)21-7-3-2-6-20(21)27/h2-7,10,16-17H,8-9,11-15H2,1H3. The first kappa shape index (κ1) is 20.5. The monoisotopic (exact) mass is 459 g/mol. The van der Waals surface area contributed by atoms with E-state index in [9.17, 15) is 4.39 Å². The van der Waals surface area contributed by atoms with Gasteiger partial charge in [-0.1, -0.05) is 19.1 Å². The summed E-state index contributed by atoms with van der Waals surface area (Å²) >= 11 is 1.83. The maximum absolute atomic E-state index is 14.3. The second-order valence-corrected chi connectivity index (χ2v) is 10.2. The zero-order valence-corrected chi connectivity index (χ0v) is 19.5. The van der Waals surface area contributed by atoms with Crippen LogP contribution in [0, 0.1) is 11.7 Å². The lowest BCUT2D eigenvalue weighted by molar-refractivity contribution is 0.509. The van der Waals surface area contributed by atoms with E-state index >= 15 is 0 Å². The van der Waals surface area contributed by atoms with Crippen molar-refractivity contribution in [1.82, 2.24) is 15.0 Å². The number of aryl methyl sites for hydroxylation is 1. The van der Waals surface area contributed by atoms with Gasteiger partial charge < -0.3 is 9.80 Å². The summed E-state index contributed by atoms with van der Waals surface area (Å²) in [4.78, 5) is 21.4. The number of halogens is 1. The zero-order valence-electron chi connectivity index (χ0n) is 18.7.